The molecule has 0 atom stereocenters. The van der Waals surface area contributed by atoms with Gasteiger partial charge in [0.15, 0.2) is 17.3 Å². The Hall–Kier alpha value is -2.96. The number of methoxy groups -OCH3 is 3. The van der Waals surface area contributed by atoms with Crippen molar-refractivity contribution in [1.82, 2.24) is 5.43 Å². The molecule has 0 aliphatic heterocycles. The first kappa shape index (κ1) is 15.4. The Labute approximate surface area is 127 Å². The van der Waals surface area contributed by atoms with Crippen LogP contribution in [0.1, 0.15) is 16.1 Å². The van der Waals surface area contributed by atoms with Gasteiger partial charge in [-0.3, -0.25) is 4.79 Å². The number of hydrogen-bond acceptors (Lipinski definition) is 6. The molecule has 0 bridgehead atoms. The number of ether oxygens (including phenoxy) is 3. The van der Waals surface area contributed by atoms with E-state index in [-0.39, 0.29) is 5.76 Å². The summed E-state index contributed by atoms with van der Waals surface area (Å²) in [5.74, 6) is 1.34. The van der Waals surface area contributed by atoms with Crippen molar-refractivity contribution in [1.29, 1.82) is 0 Å². The molecule has 2 rings (SSSR count). The molecule has 0 aliphatic rings. The van der Waals surface area contributed by atoms with Gasteiger partial charge in [0.25, 0.3) is 0 Å². The molecule has 1 amide bonds. The van der Waals surface area contributed by atoms with E-state index in [0.29, 0.717) is 22.8 Å². The minimum Gasteiger partial charge on any atom is -0.496 e. The van der Waals surface area contributed by atoms with Gasteiger partial charge in [0.1, 0.15) is 5.75 Å². The van der Waals surface area contributed by atoms with Crippen LogP contribution in [0.4, 0.5) is 0 Å². The Morgan fingerprint density at radius 1 is 1.14 bits per heavy atom. The number of hydrogen-bond donors (Lipinski definition) is 1. The second-order valence-corrected chi connectivity index (χ2v) is 4.13. The van der Waals surface area contributed by atoms with Crippen LogP contribution in [0, 0.1) is 0 Å². The summed E-state index contributed by atoms with van der Waals surface area (Å²) < 4.78 is 20.6. The van der Waals surface area contributed by atoms with Gasteiger partial charge in [-0.25, -0.2) is 5.43 Å². The van der Waals surface area contributed by atoms with Crippen molar-refractivity contribution in [3.8, 4) is 17.2 Å². The van der Waals surface area contributed by atoms with Crippen molar-refractivity contribution in [3.63, 3.8) is 0 Å². The molecule has 0 unspecified atom stereocenters. The maximum Gasteiger partial charge on any atom is 0.307 e. The lowest BCUT2D eigenvalue weighted by atomic mass is 10.2. The summed E-state index contributed by atoms with van der Waals surface area (Å²) in [6.45, 7) is 0. The van der Waals surface area contributed by atoms with Gasteiger partial charge < -0.3 is 18.6 Å². The van der Waals surface area contributed by atoms with Crippen LogP contribution in [-0.2, 0) is 0 Å². The molecule has 2 aromatic rings. The number of hydrazone groups is 1. The minimum absolute atomic E-state index is 0.177. The fourth-order valence-corrected chi connectivity index (χ4v) is 1.78. The van der Waals surface area contributed by atoms with Gasteiger partial charge in [0.2, 0.25) is 0 Å². The topological polar surface area (TPSA) is 82.3 Å². The smallest absolute Gasteiger partial charge is 0.307 e. The van der Waals surface area contributed by atoms with Crippen molar-refractivity contribution in [2.75, 3.05) is 21.3 Å². The van der Waals surface area contributed by atoms with E-state index in [9.17, 15) is 4.79 Å². The second-order valence-electron chi connectivity index (χ2n) is 4.13. The number of furan rings is 1. The maximum atomic E-state index is 11.7. The number of rotatable bonds is 6. The van der Waals surface area contributed by atoms with Crippen molar-refractivity contribution in [3.05, 3.63) is 41.9 Å². The minimum atomic E-state index is -0.444. The van der Waals surface area contributed by atoms with Crippen LogP contribution < -0.4 is 19.6 Å². The molecule has 7 nitrogen and oxygen atoms in total. The van der Waals surface area contributed by atoms with E-state index in [1.165, 1.54) is 33.8 Å². The zero-order valence-corrected chi connectivity index (χ0v) is 12.5. The first-order valence-electron chi connectivity index (χ1n) is 6.36. The summed E-state index contributed by atoms with van der Waals surface area (Å²) in [4.78, 5) is 11.7. The van der Waals surface area contributed by atoms with Crippen molar-refractivity contribution >= 4 is 12.1 Å². The van der Waals surface area contributed by atoms with E-state index in [0.717, 1.165) is 0 Å². The maximum absolute atomic E-state index is 11.7. The fourth-order valence-electron chi connectivity index (χ4n) is 1.78. The average molecular weight is 304 g/mol. The molecule has 7 heteroatoms. The molecular formula is C15H16N2O5. The summed E-state index contributed by atoms with van der Waals surface area (Å²) in [5, 5.41) is 3.88. The van der Waals surface area contributed by atoms with E-state index < -0.39 is 5.91 Å². The molecule has 1 aromatic heterocycles. The molecule has 1 aromatic carbocycles. The first-order chi connectivity index (χ1) is 10.7. The monoisotopic (exact) mass is 304 g/mol. The van der Waals surface area contributed by atoms with Crippen LogP contribution >= 0.6 is 0 Å². The number of amides is 1. The van der Waals surface area contributed by atoms with Gasteiger partial charge in [-0.15, -0.1) is 0 Å². The standard InChI is InChI=1S/C15H16N2O5/c1-19-12-8-14(21-3)13(20-2)7-10(12)9-16-17-15(18)11-5-4-6-22-11/h4-9H,1-3H3,(H,17,18)/b16-9+. The zero-order chi connectivity index (χ0) is 15.9. The van der Waals surface area contributed by atoms with E-state index in [1.54, 1.807) is 24.3 Å². The van der Waals surface area contributed by atoms with Crippen LogP contribution in [-0.4, -0.2) is 33.5 Å². The summed E-state index contributed by atoms with van der Waals surface area (Å²) in [7, 11) is 4.60. The molecule has 0 saturated heterocycles. The molecule has 22 heavy (non-hydrogen) atoms. The SMILES string of the molecule is COc1cc(OC)c(OC)cc1/C=N/NC(=O)c1ccco1. The lowest BCUT2D eigenvalue weighted by Crippen LogP contribution is -2.16. The Morgan fingerprint density at radius 2 is 1.82 bits per heavy atom. The highest BCUT2D eigenvalue weighted by Crippen LogP contribution is 2.33. The van der Waals surface area contributed by atoms with Crippen molar-refractivity contribution in [2.45, 2.75) is 0 Å². The quantitative estimate of drug-likeness (QED) is 0.652. The third kappa shape index (κ3) is 3.38. The lowest BCUT2D eigenvalue weighted by molar-refractivity contribution is 0.0927. The molecule has 0 saturated carbocycles. The predicted octanol–water partition coefficient (Wildman–Crippen LogP) is 2.07. The number of benzene rings is 1. The van der Waals surface area contributed by atoms with Gasteiger partial charge in [0.05, 0.1) is 33.8 Å². The average Bonchev–Trinajstić information content (AvgIpc) is 3.08. The van der Waals surface area contributed by atoms with Crippen LogP contribution in [0.25, 0.3) is 0 Å². The number of nitrogens with one attached hydrogen (secondary N) is 1. The van der Waals surface area contributed by atoms with E-state index in [2.05, 4.69) is 10.5 Å². The van der Waals surface area contributed by atoms with E-state index in [4.69, 9.17) is 18.6 Å². The third-order valence-corrected chi connectivity index (χ3v) is 2.85. The number of carbonyl (C=O) groups is 1. The van der Waals surface area contributed by atoms with Gasteiger partial charge in [-0.1, -0.05) is 0 Å². The van der Waals surface area contributed by atoms with Crippen LogP contribution in [0.15, 0.2) is 40.0 Å². The molecular weight excluding hydrogens is 288 g/mol. The normalized spacial score (nSPS) is 10.5. The van der Waals surface area contributed by atoms with Crippen molar-refractivity contribution in [2.24, 2.45) is 5.10 Å². The summed E-state index contributed by atoms with van der Waals surface area (Å²) in [6, 6.07) is 6.53. The predicted molar refractivity (Wildman–Crippen MR) is 79.9 cm³/mol. The van der Waals surface area contributed by atoms with Crippen LogP contribution in [0.2, 0.25) is 0 Å². The van der Waals surface area contributed by atoms with Crippen molar-refractivity contribution < 1.29 is 23.4 Å². The highest BCUT2D eigenvalue weighted by Gasteiger charge is 2.11. The second kappa shape index (κ2) is 7.16. The Kier molecular flexibility index (Phi) is 5.02. The third-order valence-electron chi connectivity index (χ3n) is 2.85. The Balaban J connectivity index is 2.17. The molecule has 1 N–H and O–H groups in total. The summed E-state index contributed by atoms with van der Waals surface area (Å²) in [5.41, 5.74) is 2.98. The summed E-state index contributed by atoms with van der Waals surface area (Å²) >= 11 is 0. The largest absolute Gasteiger partial charge is 0.496 e. The Bertz CT molecular complexity index is 665. The first-order valence-corrected chi connectivity index (χ1v) is 6.36. The highest BCUT2D eigenvalue weighted by molar-refractivity contribution is 5.92. The number of carbonyl (C=O) groups excluding carboxylic acids is 1. The Morgan fingerprint density at radius 3 is 2.41 bits per heavy atom. The van der Waals surface area contributed by atoms with E-state index in [1.807, 2.05) is 0 Å². The van der Waals surface area contributed by atoms with Crippen LogP contribution in [0.3, 0.4) is 0 Å². The fraction of sp³-hybridized carbons (Fsp3) is 0.200. The van der Waals surface area contributed by atoms with Gasteiger partial charge in [-0.2, -0.15) is 5.10 Å². The van der Waals surface area contributed by atoms with E-state index >= 15 is 0 Å². The van der Waals surface area contributed by atoms with Crippen LogP contribution in [0.5, 0.6) is 17.2 Å². The summed E-state index contributed by atoms with van der Waals surface area (Å²) in [6.07, 6.45) is 2.86. The molecule has 0 radical (unpaired) electrons. The van der Waals surface area contributed by atoms with Gasteiger partial charge in [0, 0.05) is 11.6 Å². The molecule has 1 heterocycles. The van der Waals surface area contributed by atoms with Gasteiger partial charge in [-0.05, 0) is 18.2 Å². The molecule has 0 fully saturated rings. The highest BCUT2D eigenvalue weighted by atomic mass is 16.5. The molecule has 116 valence electrons. The van der Waals surface area contributed by atoms with Gasteiger partial charge >= 0.3 is 5.91 Å². The molecule has 0 spiro atoms. The zero-order valence-electron chi connectivity index (χ0n) is 12.5. The number of nitrogens with zero attached hydrogens (tertiary/aromatic N) is 1. The molecule has 0 aliphatic carbocycles. The lowest BCUT2D eigenvalue weighted by Gasteiger charge is -2.11.